The number of ether oxygens (including phenoxy) is 1. The summed E-state index contributed by atoms with van der Waals surface area (Å²) in [5.74, 6) is 3.60. The molecule has 1 N–H and O–H groups in total. The van der Waals surface area contributed by atoms with E-state index < -0.39 is 0 Å². The molecule has 0 bridgehead atoms. The quantitative estimate of drug-likeness (QED) is 0.678. The summed E-state index contributed by atoms with van der Waals surface area (Å²) in [6.45, 7) is 2.55. The zero-order chi connectivity index (χ0) is 18.2. The van der Waals surface area contributed by atoms with Crippen LogP contribution in [0.3, 0.4) is 0 Å². The third-order valence-electron chi connectivity index (χ3n) is 4.63. The van der Waals surface area contributed by atoms with Crippen LogP contribution < -0.4 is 5.32 Å². The van der Waals surface area contributed by atoms with Crippen LogP contribution in [0.1, 0.15) is 36.9 Å². The molecule has 0 saturated heterocycles. The number of halogens is 1. The number of nitrogens with one attached hydrogen (secondary N) is 1. The molecule has 0 aliphatic carbocycles. The molecule has 1 heterocycles. The van der Waals surface area contributed by atoms with Gasteiger partial charge >= 0.3 is 0 Å². The first-order chi connectivity index (χ1) is 12.8. The lowest BCUT2D eigenvalue weighted by molar-refractivity contribution is 0.116. The number of terminal acetylenes is 1. The molecule has 0 spiro atoms. The van der Waals surface area contributed by atoms with Crippen molar-refractivity contribution in [2.24, 2.45) is 4.99 Å². The third-order valence-corrected chi connectivity index (χ3v) is 4.63. The second-order valence-electron chi connectivity index (χ2n) is 6.62. The average Bonchev–Trinajstić information content (AvgIpc) is 3.09. The normalized spacial score (nSPS) is 19.3. The van der Waals surface area contributed by atoms with Crippen molar-refractivity contribution in [2.75, 3.05) is 6.61 Å². The van der Waals surface area contributed by atoms with Gasteiger partial charge in [-0.2, -0.15) is 0 Å². The Bertz CT molecular complexity index is 755. The van der Waals surface area contributed by atoms with Gasteiger partial charge < -0.3 is 10.1 Å². The van der Waals surface area contributed by atoms with Crippen molar-refractivity contribution in [3.8, 4) is 12.3 Å². The molecule has 1 aliphatic heterocycles. The summed E-state index contributed by atoms with van der Waals surface area (Å²) in [7, 11) is 0. The summed E-state index contributed by atoms with van der Waals surface area (Å²) in [5.41, 5.74) is 2.54. The number of rotatable bonds is 8. The highest BCUT2D eigenvalue weighted by Gasteiger charge is 2.30. The molecule has 3 unspecified atom stereocenters. The molecule has 4 heteroatoms. The number of amidine groups is 1. The average molecular weight is 383 g/mol. The highest BCUT2D eigenvalue weighted by Crippen LogP contribution is 2.26. The van der Waals surface area contributed by atoms with Crippen molar-refractivity contribution in [3.63, 3.8) is 0 Å². The predicted molar refractivity (Wildman–Crippen MR) is 114 cm³/mol. The number of benzene rings is 2. The van der Waals surface area contributed by atoms with Gasteiger partial charge in [-0.05, 0) is 24.0 Å². The third kappa shape index (κ3) is 5.85. The molecule has 142 valence electrons. The molecule has 0 saturated carbocycles. The lowest BCUT2D eigenvalue weighted by atomic mass is 9.95. The minimum Gasteiger partial charge on any atom is -0.363 e. The zero-order valence-corrected chi connectivity index (χ0v) is 16.5. The number of hydrogen-bond donors (Lipinski definition) is 1. The van der Waals surface area contributed by atoms with Crippen molar-refractivity contribution in [3.05, 3.63) is 71.8 Å². The number of aliphatic imine (C=N–C) groups is 1. The highest BCUT2D eigenvalue weighted by molar-refractivity contribution is 5.86. The van der Waals surface area contributed by atoms with Gasteiger partial charge in [0.15, 0.2) is 0 Å². The Morgan fingerprint density at radius 1 is 1.11 bits per heavy atom. The Balaban J connectivity index is 0.00000261. The largest absolute Gasteiger partial charge is 0.363 e. The SMILES string of the molecule is C#CC(CCC)OCC1=NC(Cc2ccccc2)C(c2ccccc2)N1.Cl. The highest BCUT2D eigenvalue weighted by atomic mass is 35.5. The first kappa shape index (κ1) is 21.0. The van der Waals surface area contributed by atoms with E-state index in [4.69, 9.17) is 16.2 Å². The fourth-order valence-corrected chi connectivity index (χ4v) is 3.31. The first-order valence-corrected chi connectivity index (χ1v) is 9.30. The van der Waals surface area contributed by atoms with Gasteiger partial charge in [-0.3, -0.25) is 4.99 Å². The molecule has 0 aromatic heterocycles. The summed E-state index contributed by atoms with van der Waals surface area (Å²) in [5, 5.41) is 3.56. The van der Waals surface area contributed by atoms with Crippen LogP contribution in [0, 0.1) is 12.3 Å². The Hall–Kier alpha value is -2.28. The Kier molecular flexibility index (Phi) is 8.39. The van der Waals surface area contributed by atoms with E-state index in [1.807, 2.05) is 12.1 Å². The van der Waals surface area contributed by atoms with Crippen molar-refractivity contribution in [1.82, 2.24) is 5.32 Å². The predicted octanol–water partition coefficient (Wildman–Crippen LogP) is 4.58. The van der Waals surface area contributed by atoms with Gasteiger partial charge in [0.1, 0.15) is 18.5 Å². The second kappa shape index (κ2) is 10.8. The van der Waals surface area contributed by atoms with Gasteiger partial charge in [-0.1, -0.05) is 79.9 Å². The van der Waals surface area contributed by atoms with Crippen LogP contribution in [0.5, 0.6) is 0 Å². The molecule has 3 atom stereocenters. The molecular formula is C23H27ClN2O. The van der Waals surface area contributed by atoms with Gasteiger partial charge in [0.25, 0.3) is 0 Å². The van der Waals surface area contributed by atoms with Crippen LogP contribution in [0.4, 0.5) is 0 Å². The van der Waals surface area contributed by atoms with Crippen molar-refractivity contribution >= 4 is 18.2 Å². The van der Waals surface area contributed by atoms with Gasteiger partial charge in [-0.25, -0.2) is 0 Å². The fourth-order valence-electron chi connectivity index (χ4n) is 3.31. The summed E-state index contributed by atoms with van der Waals surface area (Å²) in [4.78, 5) is 4.92. The van der Waals surface area contributed by atoms with E-state index in [9.17, 15) is 0 Å². The Morgan fingerprint density at radius 3 is 2.41 bits per heavy atom. The number of hydrogen-bond acceptors (Lipinski definition) is 3. The minimum absolute atomic E-state index is 0. The second-order valence-corrected chi connectivity index (χ2v) is 6.62. The maximum absolute atomic E-state index is 5.87. The molecule has 0 radical (unpaired) electrons. The van der Waals surface area contributed by atoms with Gasteiger partial charge in [0.05, 0.1) is 12.1 Å². The first-order valence-electron chi connectivity index (χ1n) is 9.30. The molecule has 2 aromatic rings. The van der Waals surface area contributed by atoms with E-state index in [1.165, 1.54) is 11.1 Å². The zero-order valence-electron chi connectivity index (χ0n) is 15.7. The molecule has 0 fully saturated rings. The molecule has 3 nitrogen and oxygen atoms in total. The Morgan fingerprint density at radius 2 is 1.78 bits per heavy atom. The summed E-state index contributed by atoms with van der Waals surface area (Å²) < 4.78 is 5.87. The van der Waals surface area contributed by atoms with Crippen LogP contribution >= 0.6 is 12.4 Å². The molecule has 27 heavy (non-hydrogen) atoms. The van der Waals surface area contributed by atoms with Gasteiger partial charge in [-0.15, -0.1) is 18.8 Å². The van der Waals surface area contributed by atoms with E-state index in [2.05, 4.69) is 66.7 Å². The molecule has 1 aliphatic rings. The summed E-state index contributed by atoms with van der Waals surface area (Å²) >= 11 is 0. The fraction of sp³-hybridized carbons (Fsp3) is 0.348. The van der Waals surface area contributed by atoms with E-state index >= 15 is 0 Å². The summed E-state index contributed by atoms with van der Waals surface area (Å²) in [6, 6.07) is 21.3. The van der Waals surface area contributed by atoms with Gasteiger partial charge in [0, 0.05) is 0 Å². The smallest absolute Gasteiger partial charge is 0.124 e. The van der Waals surface area contributed by atoms with Gasteiger partial charge in [0.2, 0.25) is 0 Å². The monoisotopic (exact) mass is 382 g/mol. The summed E-state index contributed by atoms with van der Waals surface area (Å²) in [6.07, 6.45) is 8.19. The Labute approximate surface area is 168 Å². The maximum Gasteiger partial charge on any atom is 0.124 e. The maximum atomic E-state index is 5.87. The molecular weight excluding hydrogens is 356 g/mol. The molecule has 3 rings (SSSR count). The lowest BCUT2D eigenvalue weighted by Crippen LogP contribution is -2.31. The molecule has 0 amide bonds. The van der Waals surface area contributed by atoms with Crippen LogP contribution in [-0.4, -0.2) is 24.6 Å². The van der Waals surface area contributed by atoms with E-state index in [0.29, 0.717) is 6.61 Å². The van der Waals surface area contributed by atoms with E-state index in [0.717, 1.165) is 25.1 Å². The van der Waals surface area contributed by atoms with Crippen LogP contribution in [0.15, 0.2) is 65.7 Å². The van der Waals surface area contributed by atoms with Crippen molar-refractivity contribution < 1.29 is 4.74 Å². The minimum atomic E-state index is -0.146. The van der Waals surface area contributed by atoms with E-state index in [1.54, 1.807) is 0 Å². The van der Waals surface area contributed by atoms with E-state index in [-0.39, 0.29) is 30.6 Å². The molecule has 2 aromatic carbocycles. The van der Waals surface area contributed by atoms with Crippen molar-refractivity contribution in [2.45, 2.75) is 44.4 Å². The number of nitrogens with zero attached hydrogens (tertiary/aromatic N) is 1. The van der Waals surface area contributed by atoms with Crippen LogP contribution in [-0.2, 0) is 11.2 Å². The topological polar surface area (TPSA) is 33.6 Å². The lowest BCUT2D eigenvalue weighted by Gasteiger charge is -2.19. The van der Waals surface area contributed by atoms with Crippen LogP contribution in [0.25, 0.3) is 0 Å². The van der Waals surface area contributed by atoms with Crippen LogP contribution in [0.2, 0.25) is 0 Å². The standard InChI is InChI=1S/C23H26N2O.ClH/c1-3-11-20(4-2)26-17-22-24-21(16-18-12-7-5-8-13-18)23(25-22)19-14-9-6-10-15-19;/h2,5-10,12-15,20-21,23H,3,11,16-17H2,1H3,(H,24,25);1H. The van der Waals surface area contributed by atoms with Crippen molar-refractivity contribution in [1.29, 1.82) is 0 Å².